The molecule has 3 aliphatic rings. The summed E-state index contributed by atoms with van der Waals surface area (Å²) in [5, 5.41) is 16.2. The maximum atomic E-state index is 14.1. The van der Waals surface area contributed by atoms with E-state index in [1.165, 1.54) is 6.07 Å². The molecule has 0 bridgehead atoms. The topological polar surface area (TPSA) is 186 Å². The van der Waals surface area contributed by atoms with Crippen LogP contribution in [0.3, 0.4) is 0 Å². The predicted octanol–water partition coefficient (Wildman–Crippen LogP) is 4.14. The van der Waals surface area contributed by atoms with Gasteiger partial charge in [-0.3, -0.25) is 34.2 Å². The van der Waals surface area contributed by atoms with Gasteiger partial charge in [0.25, 0.3) is 5.91 Å². The highest BCUT2D eigenvalue weighted by Crippen LogP contribution is 2.36. The van der Waals surface area contributed by atoms with Gasteiger partial charge in [0, 0.05) is 63.5 Å². The zero-order chi connectivity index (χ0) is 43.0. The molecule has 6 heterocycles. The van der Waals surface area contributed by atoms with E-state index in [2.05, 4.69) is 41.0 Å². The van der Waals surface area contributed by atoms with Gasteiger partial charge in [0.05, 0.1) is 30.0 Å². The highest BCUT2D eigenvalue weighted by molar-refractivity contribution is 6.06. The van der Waals surface area contributed by atoms with Crippen molar-refractivity contribution in [3.8, 4) is 11.4 Å². The molecule has 16 nitrogen and oxygen atoms in total. The lowest BCUT2D eigenvalue weighted by Crippen LogP contribution is -2.52. The van der Waals surface area contributed by atoms with Crippen LogP contribution < -0.4 is 31.1 Å². The van der Waals surface area contributed by atoms with Crippen LogP contribution in [0.15, 0.2) is 79.0 Å². The van der Waals surface area contributed by atoms with Crippen LogP contribution in [-0.4, -0.2) is 113 Å². The maximum Gasteiger partial charge on any atom is 0.252 e. The first-order valence-electron chi connectivity index (χ1n) is 21.3. The quantitative estimate of drug-likeness (QED) is 0.0634. The second-order valence-electron chi connectivity index (χ2n) is 15.9. The Morgan fingerprint density at radius 3 is 2.55 bits per heavy atom. The molecule has 5 aromatic rings. The lowest BCUT2D eigenvalue weighted by atomic mass is 10.0. The fourth-order valence-electron chi connectivity index (χ4n) is 8.35. The molecule has 3 aliphatic heterocycles. The van der Waals surface area contributed by atoms with Crippen LogP contribution in [0, 0.1) is 5.82 Å². The predicted molar refractivity (Wildman–Crippen MR) is 231 cm³/mol. The maximum absolute atomic E-state index is 14.1. The first kappa shape index (κ1) is 42.0. The minimum absolute atomic E-state index is 0.00857. The Kier molecular flexibility index (Phi) is 13.1. The number of aldehydes is 1. The Morgan fingerprint density at radius 1 is 0.887 bits per heavy atom. The lowest BCUT2D eigenvalue weighted by Gasteiger charge is -2.35. The number of imidazole rings is 1. The second-order valence-corrected chi connectivity index (χ2v) is 15.9. The van der Waals surface area contributed by atoms with Gasteiger partial charge in [0.1, 0.15) is 29.2 Å². The minimum Gasteiger partial charge on any atom is -0.385 e. The number of hydrogen-bond donors (Lipinski definition) is 4. The molecule has 322 valence electrons. The van der Waals surface area contributed by atoms with Crippen LogP contribution in [0.25, 0.3) is 17.0 Å². The van der Waals surface area contributed by atoms with Crippen molar-refractivity contribution >= 4 is 52.9 Å². The van der Waals surface area contributed by atoms with Crippen LogP contribution in [0.1, 0.15) is 77.3 Å². The van der Waals surface area contributed by atoms with E-state index in [-0.39, 0.29) is 47.6 Å². The summed E-state index contributed by atoms with van der Waals surface area (Å²) < 4.78 is 15.9. The van der Waals surface area contributed by atoms with E-state index in [9.17, 15) is 28.4 Å². The molecule has 2 atom stereocenters. The Hall–Kier alpha value is -6.75. The highest BCUT2D eigenvalue weighted by Gasteiger charge is 2.30. The van der Waals surface area contributed by atoms with Crippen LogP contribution >= 0.6 is 0 Å². The SMILES string of the molecule is O=Cc1ccc(NCCCCCNC(=O)CN2CCN(c3cccc(-c4cnc5ccc(N6CCC[C@@H]6c6cccc(F)c6)nn45)n3)CC2)cc1C(=O)NC1CCC(=O)NC1=O. The van der Waals surface area contributed by atoms with E-state index in [0.717, 1.165) is 99.1 Å². The number of fused-ring (bicyclic) bond motifs is 1. The molecule has 4 N–H and O–H groups in total. The summed E-state index contributed by atoms with van der Waals surface area (Å²) in [4.78, 5) is 77.1. The average Bonchev–Trinajstić information content (AvgIpc) is 3.95. The highest BCUT2D eigenvalue weighted by atomic mass is 19.1. The molecule has 3 fully saturated rings. The van der Waals surface area contributed by atoms with E-state index >= 15 is 0 Å². The molecule has 3 aromatic heterocycles. The number of hydrogen-bond acceptors (Lipinski definition) is 12. The summed E-state index contributed by atoms with van der Waals surface area (Å²) in [5.41, 5.74) is 4.22. The van der Waals surface area contributed by atoms with Crippen molar-refractivity contribution in [2.75, 3.05) is 67.5 Å². The van der Waals surface area contributed by atoms with Crippen molar-refractivity contribution in [1.29, 1.82) is 0 Å². The smallest absolute Gasteiger partial charge is 0.252 e. The molecule has 2 aromatic carbocycles. The van der Waals surface area contributed by atoms with Crippen LogP contribution in [0.5, 0.6) is 0 Å². The summed E-state index contributed by atoms with van der Waals surface area (Å²) >= 11 is 0. The van der Waals surface area contributed by atoms with Gasteiger partial charge in [-0.25, -0.2) is 18.9 Å². The number of halogens is 1. The molecule has 0 saturated carbocycles. The number of benzene rings is 2. The van der Waals surface area contributed by atoms with Crippen molar-refractivity contribution in [3.05, 3.63) is 102 Å². The normalized spacial score (nSPS) is 18.1. The van der Waals surface area contributed by atoms with Gasteiger partial charge >= 0.3 is 0 Å². The van der Waals surface area contributed by atoms with Gasteiger partial charge in [0.2, 0.25) is 17.7 Å². The van der Waals surface area contributed by atoms with Gasteiger partial charge < -0.3 is 25.8 Å². The lowest BCUT2D eigenvalue weighted by molar-refractivity contribution is -0.134. The van der Waals surface area contributed by atoms with Crippen molar-refractivity contribution in [2.24, 2.45) is 0 Å². The Labute approximate surface area is 358 Å². The Balaban J connectivity index is 0.759. The number of carbonyl (C=O) groups is 5. The zero-order valence-electron chi connectivity index (χ0n) is 34.4. The van der Waals surface area contributed by atoms with Crippen molar-refractivity contribution in [3.63, 3.8) is 0 Å². The van der Waals surface area contributed by atoms with Gasteiger partial charge in [0.15, 0.2) is 11.9 Å². The second kappa shape index (κ2) is 19.3. The van der Waals surface area contributed by atoms with E-state index in [1.807, 2.05) is 40.9 Å². The number of aromatic nitrogens is 4. The zero-order valence-corrected chi connectivity index (χ0v) is 34.4. The van der Waals surface area contributed by atoms with E-state index in [0.29, 0.717) is 31.6 Å². The molecule has 0 radical (unpaired) electrons. The largest absolute Gasteiger partial charge is 0.385 e. The molecular formula is C45H50FN11O5. The summed E-state index contributed by atoms with van der Waals surface area (Å²) in [6.45, 7) is 5.26. The van der Waals surface area contributed by atoms with Gasteiger partial charge in [-0.2, -0.15) is 0 Å². The van der Waals surface area contributed by atoms with Gasteiger partial charge in [-0.15, -0.1) is 5.10 Å². The number of nitrogens with zero attached hydrogens (tertiary/aromatic N) is 7. The number of anilines is 3. The summed E-state index contributed by atoms with van der Waals surface area (Å²) in [6, 6.07) is 20.8. The third kappa shape index (κ3) is 9.89. The molecule has 1 unspecified atom stereocenters. The number of amides is 4. The van der Waals surface area contributed by atoms with Crippen LogP contribution in [0.2, 0.25) is 0 Å². The van der Waals surface area contributed by atoms with Gasteiger partial charge in [-0.05, 0) is 98.7 Å². The average molecular weight is 844 g/mol. The standard InChI is InChI=1S/C45H50FN11O5/c46-32-8-4-7-30(25-32)37-10-6-20-56(37)41-16-15-39-49-27-38(57(39)53-41)35-9-5-11-40(50-35)55-23-21-54(22-24-55)28-43(60)48-19-3-1-2-18-47-33-13-12-31(29-58)34(26-33)44(61)51-36-14-17-42(59)52-45(36)62/h4-5,7-9,11-13,15-16,25-27,29,36-37,47H,1-3,6,10,14,17-24,28H2,(H,48,60)(H,51,61)(H,52,59,62)/t36?,37-/m1/s1. The number of rotatable bonds is 16. The summed E-state index contributed by atoms with van der Waals surface area (Å²) in [5.74, 6) is -0.0806. The third-order valence-electron chi connectivity index (χ3n) is 11.7. The fraction of sp³-hybridized carbons (Fsp3) is 0.378. The minimum atomic E-state index is -0.842. The molecule has 0 spiro atoms. The Morgan fingerprint density at radius 2 is 1.73 bits per heavy atom. The molecule has 8 rings (SSSR count). The first-order chi connectivity index (χ1) is 30.2. The molecule has 17 heteroatoms. The molecule has 4 amide bonds. The van der Waals surface area contributed by atoms with E-state index in [1.54, 1.807) is 36.5 Å². The number of imide groups is 1. The molecular weight excluding hydrogens is 794 g/mol. The van der Waals surface area contributed by atoms with Crippen molar-refractivity contribution < 1.29 is 28.4 Å². The summed E-state index contributed by atoms with van der Waals surface area (Å²) in [6.07, 6.45) is 7.15. The number of nitrogens with one attached hydrogen (secondary N) is 4. The fourth-order valence-corrected chi connectivity index (χ4v) is 8.35. The van der Waals surface area contributed by atoms with Crippen LogP contribution in [0.4, 0.5) is 21.7 Å². The van der Waals surface area contributed by atoms with E-state index < -0.39 is 17.9 Å². The van der Waals surface area contributed by atoms with E-state index in [4.69, 9.17) is 10.1 Å². The van der Waals surface area contributed by atoms with Crippen molar-refractivity contribution in [1.82, 2.24) is 40.4 Å². The van der Waals surface area contributed by atoms with Crippen molar-refractivity contribution in [2.45, 2.75) is 57.0 Å². The molecule has 0 aliphatic carbocycles. The van der Waals surface area contributed by atoms with Gasteiger partial charge in [-0.1, -0.05) is 18.2 Å². The summed E-state index contributed by atoms with van der Waals surface area (Å²) in [7, 11) is 0. The third-order valence-corrected chi connectivity index (χ3v) is 11.7. The monoisotopic (exact) mass is 843 g/mol. The Bertz CT molecular complexity index is 2450. The number of unbranched alkanes of at least 4 members (excludes halogenated alkanes) is 2. The number of carbonyl (C=O) groups excluding carboxylic acids is 5. The number of piperidine rings is 1. The number of piperazine rings is 1. The first-order valence-corrected chi connectivity index (χ1v) is 21.3. The number of pyridine rings is 1. The molecule has 62 heavy (non-hydrogen) atoms. The van der Waals surface area contributed by atoms with Crippen LogP contribution in [-0.2, 0) is 14.4 Å². The molecule has 3 saturated heterocycles.